The first kappa shape index (κ1) is 17.2. The fourth-order valence-corrected chi connectivity index (χ4v) is 1.32. The van der Waals surface area contributed by atoms with Gasteiger partial charge in [-0.15, -0.1) is 0 Å². The van der Waals surface area contributed by atoms with Gasteiger partial charge in [0.2, 0.25) is 5.91 Å². The topological polar surface area (TPSA) is 64.3 Å². The van der Waals surface area contributed by atoms with E-state index >= 15 is 0 Å². The van der Waals surface area contributed by atoms with Crippen LogP contribution in [0, 0.1) is 0 Å². The lowest BCUT2D eigenvalue weighted by Gasteiger charge is -2.16. The molecule has 8 heteroatoms. The normalized spacial score (nSPS) is 13.2. The second-order valence-electron chi connectivity index (χ2n) is 4.50. The van der Waals surface area contributed by atoms with Crippen molar-refractivity contribution < 1.29 is 27.1 Å². The molecule has 3 N–H and O–H groups in total. The van der Waals surface area contributed by atoms with E-state index in [2.05, 4.69) is 10.1 Å². The van der Waals surface area contributed by atoms with E-state index in [9.17, 15) is 22.4 Å². The Morgan fingerprint density at radius 1 is 1.33 bits per heavy atom. The van der Waals surface area contributed by atoms with Gasteiger partial charge in [-0.2, -0.15) is 8.78 Å². The van der Waals surface area contributed by atoms with Crippen molar-refractivity contribution in [1.29, 1.82) is 0 Å². The van der Waals surface area contributed by atoms with Crippen LogP contribution in [0.2, 0.25) is 0 Å². The average molecular weight is 308 g/mol. The van der Waals surface area contributed by atoms with Crippen molar-refractivity contribution in [2.45, 2.75) is 31.9 Å². The Labute approximate surface area is 119 Å². The lowest BCUT2D eigenvalue weighted by atomic mass is 10.2. The lowest BCUT2D eigenvalue weighted by molar-refractivity contribution is -0.148. The molecule has 118 valence electrons. The number of hydrogen-bond donors (Lipinski definition) is 2. The van der Waals surface area contributed by atoms with Gasteiger partial charge in [0.1, 0.15) is 5.75 Å². The van der Waals surface area contributed by atoms with E-state index in [1.54, 1.807) is 19.1 Å². The number of benzene rings is 1. The Bertz CT molecular complexity index is 466. The number of hydrogen-bond acceptors (Lipinski definition) is 3. The van der Waals surface area contributed by atoms with Crippen molar-refractivity contribution in [2.75, 3.05) is 6.61 Å². The number of carbonyl (C=O) groups is 1. The van der Waals surface area contributed by atoms with Crippen LogP contribution in [0.3, 0.4) is 0 Å². The van der Waals surface area contributed by atoms with Crippen LogP contribution in [0.4, 0.5) is 17.6 Å². The maximum Gasteiger partial charge on any atom is 0.340 e. The molecule has 4 nitrogen and oxygen atoms in total. The van der Waals surface area contributed by atoms with Crippen LogP contribution in [0.1, 0.15) is 12.5 Å². The van der Waals surface area contributed by atoms with Crippen molar-refractivity contribution in [1.82, 2.24) is 5.32 Å². The summed E-state index contributed by atoms with van der Waals surface area (Å²) in [6.07, 6.45) is -3.77. The molecule has 0 saturated carbocycles. The molecular weight excluding hydrogens is 292 g/mol. The largest absolute Gasteiger partial charge is 0.487 e. The Hall–Kier alpha value is -1.83. The molecule has 0 aliphatic heterocycles. The first-order valence-corrected chi connectivity index (χ1v) is 6.13. The molecule has 0 heterocycles. The summed E-state index contributed by atoms with van der Waals surface area (Å²) in [5, 5.41) is 2.85. The third-order valence-corrected chi connectivity index (χ3v) is 2.71. The minimum atomic E-state index is -4.18. The van der Waals surface area contributed by atoms with Crippen molar-refractivity contribution >= 4 is 5.91 Å². The van der Waals surface area contributed by atoms with Gasteiger partial charge in [-0.1, -0.05) is 12.1 Å². The summed E-state index contributed by atoms with van der Waals surface area (Å²) >= 11 is 0. The minimum absolute atomic E-state index is 0.0574. The first-order valence-electron chi connectivity index (χ1n) is 6.13. The number of primary amides is 1. The maximum absolute atomic E-state index is 12.7. The van der Waals surface area contributed by atoms with E-state index in [4.69, 9.17) is 5.73 Å². The van der Waals surface area contributed by atoms with Crippen LogP contribution in [0.15, 0.2) is 24.3 Å². The fourth-order valence-electron chi connectivity index (χ4n) is 1.32. The van der Waals surface area contributed by atoms with Crippen molar-refractivity contribution in [2.24, 2.45) is 5.73 Å². The third kappa shape index (κ3) is 5.58. The number of alkyl halides is 4. The van der Waals surface area contributed by atoms with Gasteiger partial charge < -0.3 is 15.8 Å². The van der Waals surface area contributed by atoms with Gasteiger partial charge in [0.25, 0.3) is 0 Å². The van der Waals surface area contributed by atoms with E-state index < -0.39 is 30.9 Å². The fraction of sp³-hybridized carbons (Fsp3) is 0.462. The Morgan fingerprint density at radius 3 is 2.38 bits per heavy atom. The highest BCUT2D eigenvalue weighted by Gasteiger charge is 2.41. The van der Waals surface area contributed by atoms with Crippen LogP contribution in [0.5, 0.6) is 5.75 Å². The summed E-state index contributed by atoms with van der Waals surface area (Å²) in [5.74, 6) is -4.62. The zero-order valence-corrected chi connectivity index (χ0v) is 11.3. The number of halogens is 4. The van der Waals surface area contributed by atoms with Crippen molar-refractivity contribution in [3.63, 3.8) is 0 Å². The van der Waals surface area contributed by atoms with E-state index in [-0.39, 0.29) is 5.75 Å². The molecular formula is C13H16F4N2O2. The Morgan fingerprint density at radius 2 is 1.90 bits per heavy atom. The van der Waals surface area contributed by atoms with Crippen LogP contribution in [0.25, 0.3) is 0 Å². The van der Waals surface area contributed by atoms with E-state index in [1.165, 1.54) is 12.1 Å². The van der Waals surface area contributed by atoms with E-state index in [0.717, 1.165) is 5.56 Å². The summed E-state index contributed by atoms with van der Waals surface area (Å²) in [7, 11) is 0. The molecule has 1 atom stereocenters. The summed E-state index contributed by atoms with van der Waals surface area (Å²) in [5.41, 5.74) is 5.84. The monoisotopic (exact) mass is 308 g/mol. The molecule has 0 radical (unpaired) electrons. The molecule has 0 aliphatic rings. The van der Waals surface area contributed by atoms with Gasteiger partial charge in [0.15, 0.2) is 6.61 Å². The molecule has 0 saturated heterocycles. The second kappa shape index (κ2) is 7.26. The van der Waals surface area contributed by atoms with Crippen LogP contribution < -0.4 is 15.8 Å². The summed E-state index contributed by atoms with van der Waals surface area (Å²) in [6.45, 7) is 0.560. The zero-order valence-electron chi connectivity index (χ0n) is 11.3. The maximum atomic E-state index is 12.7. The van der Waals surface area contributed by atoms with Gasteiger partial charge >= 0.3 is 12.3 Å². The SMILES string of the molecule is C[C@H](NCc1ccc(OCC(F)(F)C(F)F)cc1)C(N)=O. The molecule has 0 aliphatic carbocycles. The summed E-state index contributed by atoms with van der Waals surface area (Å²) in [6, 6.07) is 5.39. The highest BCUT2D eigenvalue weighted by atomic mass is 19.3. The second-order valence-corrected chi connectivity index (χ2v) is 4.50. The molecule has 0 spiro atoms. The number of nitrogens with one attached hydrogen (secondary N) is 1. The summed E-state index contributed by atoms with van der Waals surface area (Å²) in [4.78, 5) is 10.8. The Balaban J connectivity index is 2.49. The number of carbonyl (C=O) groups excluding carboxylic acids is 1. The molecule has 0 fully saturated rings. The van der Waals surface area contributed by atoms with Crippen LogP contribution in [-0.4, -0.2) is 30.9 Å². The van der Waals surface area contributed by atoms with Crippen molar-refractivity contribution in [3.05, 3.63) is 29.8 Å². The number of rotatable bonds is 8. The van der Waals surface area contributed by atoms with E-state index in [0.29, 0.717) is 6.54 Å². The highest BCUT2D eigenvalue weighted by molar-refractivity contribution is 5.79. The van der Waals surface area contributed by atoms with Crippen LogP contribution >= 0.6 is 0 Å². The molecule has 21 heavy (non-hydrogen) atoms. The van der Waals surface area contributed by atoms with Gasteiger partial charge in [0, 0.05) is 6.54 Å². The van der Waals surface area contributed by atoms with Gasteiger partial charge in [-0.25, -0.2) is 8.78 Å². The van der Waals surface area contributed by atoms with Crippen molar-refractivity contribution in [3.8, 4) is 5.75 Å². The predicted octanol–water partition coefficient (Wildman–Crippen LogP) is 1.93. The molecule has 1 aromatic carbocycles. The molecule has 1 rings (SSSR count). The van der Waals surface area contributed by atoms with Crippen LogP contribution in [-0.2, 0) is 11.3 Å². The summed E-state index contributed by atoms with van der Waals surface area (Å²) < 4.78 is 53.9. The van der Waals surface area contributed by atoms with Gasteiger partial charge in [0.05, 0.1) is 6.04 Å². The predicted molar refractivity (Wildman–Crippen MR) is 68.4 cm³/mol. The molecule has 0 unspecified atom stereocenters. The molecule has 0 bridgehead atoms. The van der Waals surface area contributed by atoms with Gasteiger partial charge in [-0.05, 0) is 24.6 Å². The lowest BCUT2D eigenvalue weighted by Crippen LogP contribution is -2.38. The van der Waals surface area contributed by atoms with Gasteiger partial charge in [-0.3, -0.25) is 4.79 Å². The smallest absolute Gasteiger partial charge is 0.340 e. The Kier molecular flexibility index (Phi) is 5.95. The number of ether oxygens (including phenoxy) is 1. The molecule has 1 amide bonds. The van der Waals surface area contributed by atoms with E-state index in [1.807, 2.05) is 0 Å². The third-order valence-electron chi connectivity index (χ3n) is 2.71. The quantitative estimate of drug-likeness (QED) is 0.721. The highest BCUT2D eigenvalue weighted by Crippen LogP contribution is 2.24. The standard InChI is InChI=1S/C13H16F4N2O2/c1-8(11(18)20)19-6-9-2-4-10(5-3-9)21-7-13(16,17)12(14)15/h2-5,8,12,19H,6-7H2,1H3,(H2,18,20)/t8-/m0/s1. The zero-order chi connectivity index (χ0) is 16.0. The molecule has 1 aromatic rings. The minimum Gasteiger partial charge on any atom is -0.487 e. The average Bonchev–Trinajstić information content (AvgIpc) is 2.43. The number of amides is 1. The number of nitrogens with two attached hydrogens (primary N) is 1. The first-order chi connectivity index (χ1) is 9.72. The molecule has 0 aromatic heterocycles.